The number of piperidine rings is 1. The molecular formula is C26H35N5O3. The lowest BCUT2D eigenvalue weighted by molar-refractivity contribution is 0.0164. The first kappa shape index (κ1) is 25.4. The summed E-state index contributed by atoms with van der Waals surface area (Å²) in [4.78, 5) is 18.5. The van der Waals surface area contributed by atoms with Crippen molar-refractivity contribution in [2.45, 2.75) is 58.3 Å². The van der Waals surface area contributed by atoms with Crippen LogP contribution in [0.4, 0.5) is 4.79 Å². The largest absolute Gasteiger partial charge is 0.444 e. The lowest BCUT2D eigenvalue weighted by Gasteiger charge is -2.38. The van der Waals surface area contributed by atoms with E-state index in [0.29, 0.717) is 26.3 Å². The Hall–Kier alpha value is -3.23. The number of nitrogens with zero attached hydrogens (tertiary/aromatic N) is 5. The Balaban J connectivity index is 1.54. The van der Waals surface area contributed by atoms with Crippen molar-refractivity contribution in [3.05, 3.63) is 47.3 Å². The summed E-state index contributed by atoms with van der Waals surface area (Å²) in [6.45, 7) is 10.3. The lowest BCUT2D eigenvalue weighted by atomic mass is 10.0. The Morgan fingerprint density at radius 1 is 1.06 bits per heavy atom. The number of likely N-dealkylation sites (tertiary alicyclic amines) is 1. The van der Waals surface area contributed by atoms with Gasteiger partial charge in [-0.15, -0.1) is 0 Å². The van der Waals surface area contributed by atoms with Crippen molar-refractivity contribution in [2.75, 3.05) is 39.3 Å². The molecule has 2 aliphatic rings. The van der Waals surface area contributed by atoms with Gasteiger partial charge in [0.1, 0.15) is 23.6 Å². The number of nitriles is 2. The monoisotopic (exact) mass is 465 g/mol. The third-order valence-electron chi connectivity index (χ3n) is 6.01. The van der Waals surface area contributed by atoms with Crippen LogP contribution in [0.25, 0.3) is 0 Å². The Kier molecular flexibility index (Phi) is 8.79. The Morgan fingerprint density at radius 2 is 1.74 bits per heavy atom. The fraction of sp³-hybridized carbons (Fsp3) is 0.577. The van der Waals surface area contributed by atoms with E-state index in [1.54, 1.807) is 4.90 Å². The fourth-order valence-electron chi connectivity index (χ4n) is 4.43. The number of ether oxygens (including phenoxy) is 2. The predicted molar refractivity (Wildman–Crippen MR) is 128 cm³/mol. The second-order valence-electron chi connectivity index (χ2n) is 9.69. The minimum atomic E-state index is -0.515. The number of benzene rings is 1. The van der Waals surface area contributed by atoms with Crippen molar-refractivity contribution in [1.29, 1.82) is 10.5 Å². The zero-order valence-electron chi connectivity index (χ0n) is 20.5. The minimum absolute atomic E-state index is 0.150. The van der Waals surface area contributed by atoms with Gasteiger partial charge in [0.05, 0.1) is 6.61 Å². The maximum absolute atomic E-state index is 12.4. The normalized spacial score (nSPS) is 16.9. The minimum Gasteiger partial charge on any atom is -0.444 e. The van der Waals surface area contributed by atoms with E-state index in [9.17, 15) is 15.3 Å². The third kappa shape index (κ3) is 6.88. The van der Waals surface area contributed by atoms with E-state index < -0.39 is 5.60 Å². The van der Waals surface area contributed by atoms with E-state index in [-0.39, 0.29) is 17.7 Å². The van der Waals surface area contributed by atoms with Gasteiger partial charge in [0, 0.05) is 45.4 Å². The molecule has 1 aromatic rings. The van der Waals surface area contributed by atoms with E-state index in [2.05, 4.69) is 21.9 Å². The molecule has 8 nitrogen and oxygen atoms in total. The highest BCUT2D eigenvalue weighted by Crippen LogP contribution is 2.29. The fourth-order valence-corrected chi connectivity index (χ4v) is 4.43. The first-order valence-corrected chi connectivity index (χ1v) is 12.0. The highest BCUT2D eigenvalue weighted by atomic mass is 16.6. The van der Waals surface area contributed by atoms with Crippen LogP contribution in [-0.4, -0.2) is 71.8 Å². The second kappa shape index (κ2) is 11.8. The molecule has 1 aromatic carbocycles. The van der Waals surface area contributed by atoms with Crippen LogP contribution in [-0.2, 0) is 16.1 Å². The molecule has 2 heterocycles. The molecule has 0 unspecified atom stereocenters. The molecule has 8 heteroatoms. The third-order valence-corrected chi connectivity index (χ3v) is 6.01. The number of carbonyl (C=O) groups is 1. The molecule has 2 saturated heterocycles. The van der Waals surface area contributed by atoms with Crippen molar-refractivity contribution in [3.8, 4) is 12.1 Å². The Bertz CT molecular complexity index is 918. The van der Waals surface area contributed by atoms with Gasteiger partial charge < -0.3 is 24.2 Å². The summed E-state index contributed by atoms with van der Waals surface area (Å²) in [7, 11) is 0. The van der Waals surface area contributed by atoms with Gasteiger partial charge in [0.15, 0.2) is 5.57 Å². The summed E-state index contributed by atoms with van der Waals surface area (Å²) in [5.41, 5.74) is 0.778. The van der Waals surface area contributed by atoms with Crippen molar-refractivity contribution < 1.29 is 14.3 Å². The van der Waals surface area contributed by atoms with Gasteiger partial charge in [-0.3, -0.25) is 0 Å². The van der Waals surface area contributed by atoms with E-state index in [4.69, 9.17) is 9.47 Å². The first-order chi connectivity index (χ1) is 16.3. The number of amides is 1. The molecule has 2 fully saturated rings. The number of hydrogen-bond donors (Lipinski definition) is 0. The van der Waals surface area contributed by atoms with Crippen LogP contribution in [0.3, 0.4) is 0 Å². The summed E-state index contributed by atoms with van der Waals surface area (Å²) in [6.07, 6.45) is 2.09. The molecule has 0 N–H and O–H groups in total. The van der Waals surface area contributed by atoms with Gasteiger partial charge in [0.25, 0.3) is 0 Å². The highest BCUT2D eigenvalue weighted by Gasteiger charge is 2.36. The average molecular weight is 466 g/mol. The molecule has 0 radical (unpaired) electrons. The van der Waals surface area contributed by atoms with Crippen molar-refractivity contribution in [3.63, 3.8) is 0 Å². The van der Waals surface area contributed by atoms with Crippen LogP contribution in [0, 0.1) is 22.7 Å². The summed E-state index contributed by atoms with van der Waals surface area (Å²) < 4.78 is 11.3. The van der Waals surface area contributed by atoms with Crippen LogP contribution in [0.15, 0.2) is 41.7 Å². The quantitative estimate of drug-likeness (QED) is 0.446. The SMILES string of the molecule is CC(C)(C)OC(=O)N1CCC(N2CCN(CCCOCc3ccccc3)C2=C(C#N)C#N)CC1. The highest BCUT2D eigenvalue weighted by molar-refractivity contribution is 5.68. The van der Waals surface area contributed by atoms with Crippen LogP contribution < -0.4 is 0 Å². The molecule has 3 rings (SSSR count). The molecule has 0 aliphatic carbocycles. The summed E-state index contributed by atoms with van der Waals surface area (Å²) in [5, 5.41) is 19.2. The molecule has 2 aliphatic heterocycles. The van der Waals surface area contributed by atoms with Crippen LogP contribution in [0.5, 0.6) is 0 Å². The van der Waals surface area contributed by atoms with Crippen molar-refractivity contribution in [2.24, 2.45) is 0 Å². The van der Waals surface area contributed by atoms with Crippen LogP contribution >= 0.6 is 0 Å². The van der Waals surface area contributed by atoms with Gasteiger partial charge in [-0.1, -0.05) is 30.3 Å². The second-order valence-corrected chi connectivity index (χ2v) is 9.69. The topological polar surface area (TPSA) is 92.8 Å². The van der Waals surface area contributed by atoms with E-state index in [1.807, 2.05) is 51.1 Å². The molecule has 34 heavy (non-hydrogen) atoms. The van der Waals surface area contributed by atoms with E-state index in [0.717, 1.165) is 50.3 Å². The van der Waals surface area contributed by atoms with Gasteiger partial charge in [-0.2, -0.15) is 10.5 Å². The van der Waals surface area contributed by atoms with E-state index >= 15 is 0 Å². The predicted octanol–water partition coefficient (Wildman–Crippen LogP) is 3.87. The maximum atomic E-state index is 12.4. The zero-order chi connectivity index (χ0) is 24.6. The lowest BCUT2D eigenvalue weighted by Crippen LogP contribution is -2.47. The van der Waals surface area contributed by atoms with Gasteiger partial charge in [-0.05, 0) is 45.6 Å². The summed E-state index contributed by atoms with van der Waals surface area (Å²) in [6, 6.07) is 14.4. The number of rotatable bonds is 7. The maximum Gasteiger partial charge on any atom is 0.410 e. The molecule has 182 valence electrons. The zero-order valence-corrected chi connectivity index (χ0v) is 20.5. The standard InChI is InChI=1S/C26H35N5O3/c1-26(2,3)34-25(32)30-13-10-23(11-14-30)31-16-15-29(24(31)22(18-27)19-28)12-7-17-33-20-21-8-5-4-6-9-21/h4-6,8-9,23H,7,10-17,20H2,1-3H3. The molecule has 1 amide bonds. The molecule has 0 aromatic heterocycles. The van der Waals surface area contributed by atoms with Crippen LogP contribution in [0.1, 0.15) is 45.6 Å². The first-order valence-electron chi connectivity index (χ1n) is 12.0. The molecule has 0 bridgehead atoms. The Morgan fingerprint density at radius 3 is 2.35 bits per heavy atom. The van der Waals surface area contributed by atoms with E-state index in [1.165, 1.54) is 0 Å². The average Bonchev–Trinajstić information content (AvgIpc) is 3.23. The number of hydrogen-bond acceptors (Lipinski definition) is 7. The smallest absolute Gasteiger partial charge is 0.410 e. The summed E-state index contributed by atoms with van der Waals surface area (Å²) in [5.74, 6) is 0.726. The Labute approximate surface area is 202 Å². The molecule has 0 spiro atoms. The molecule has 0 atom stereocenters. The van der Waals surface area contributed by atoms with Gasteiger partial charge in [0.2, 0.25) is 0 Å². The number of carbonyl (C=O) groups excluding carboxylic acids is 1. The number of allylic oxidation sites excluding steroid dienone is 1. The molecular weight excluding hydrogens is 430 g/mol. The van der Waals surface area contributed by atoms with Crippen molar-refractivity contribution in [1.82, 2.24) is 14.7 Å². The van der Waals surface area contributed by atoms with Crippen molar-refractivity contribution >= 4 is 6.09 Å². The van der Waals surface area contributed by atoms with Crippen LogP contribution in [0.2, 0.25) is 0 Å². The summed E-state index contributed by atoms with van der Waals surface area (Å²) >= 11 is 0. The van der Waals surface area contributed by atoms with Gasteiger partial charge in [-0.25, -0.2) is 4.79 Å². The molecule has 0 saturated carbocycles. The van der Waals surface area contributed by atoms with Gasteiger partial charge >= 0.3 is 6.09 Å².